The number of piperidine rings is 1. The molecule has 2 aromatic carbocycles. The molecule has 2 aliphatic rings. The van der Waals surface area contributed by atoms with E-state index in [-0.39, 0.29) is 30.1 Å². The Morgan fingerprint density at radius 1 is 1.14 bits per heavy atom. The first-order chi connectivity index (χ1) is 20.8. The summed E-state index contributed by atoms with van der Waals surface area (Å²) in [6.07, 6.45) is 4.03. The summed E-state index contributed by atoms with van der Waals surface area (Å²) in [6, 6.07) is 10.1. The number of imidazole rings is 1. The van der Waals surface area contributed by atoms with Crippen molar-refractivity contribution in [2.24, 2.45) is 5.92 Å². The van der Waals surface area contributed by atoms with Crippen molar-refractivity contribution in [1.29, 1.82) is 0 Å². The maximum Gasteiger partial charge on any atom is 0.335 e. The Morgan fingerprint density at radius 2 is 2.02 bits per heavy atom. The van der Waals surface area contributed by atoms with Gasteiger partial charge in [0.05, 0.1) is 29.7 Å². The first-order valence-corrected chi connectivity index (χ1v) is 14.4. The molecule has 10 nitrogen and oxygen atoms in total. The topological polar surface area (TPSA) is 112 Å². The van der Waals surface area contributed by atoms with Crippen molar-refractivity contribution in [3.8, 4) is 11.6 Å². The number of aromatic carboxylic acids is 1. The number of nitrogens with zero attached hydrogens (tertiary/aromatic N) is 5. The predicted octanol–water partition coefficient (Wildman–Crippen LogP) is 4.85. The number of fused-ring (bicyclic) bond motifs is 1. The molecule has 1 N–H and O–H groups in total. The number of aromatic nitrogens is 4. The standard InChI is InChI=1S/C31H33F2N5O5/c1-19-12-23(43-30-6-9-34-28(36-30)18-42-27-5-3-22(32)14-24(27)33)7-10-37(19)16-29-35-25-4-2-21(31(39)40)13-26(25)38(29)15-20-8-11-41-17-20/h2-6,9,13-14,19-20,23H,7-8,10-12,15-18H2,1H3,(H,39,40). The third-order valence-corrected chi connectivity index (χ3v) is 8.07. The van der Waals surface area contributed by atoms with Gasteiger partial charge in [0.2, 0.25) is 5.88 Å². The van der Waals surface area contributed by atoms with Crippen LogP contribution >= 0.6 is 0 Å². The molecule has 0 bridgehead atoms. The molecule has 2 aliphatic heterocycles. The second-order valence-corrected chi connectivity index (χ2v) is 11.1. The molecule has 2 saturated heterocycles. The van der Waals surface area contributed by atoms with E-state index in [9.17, 15) is 18.7 Å². The average Bonchev–Trinajstić information content (AvgIpc) is 3.62. The van der Waals surface area contributed by atoms with Crippen LogP contribution in [-0.4, -0.2) is 67.4 Å². The minimum atomic E-state index is -0.957. The fraction of sp³-hybridized carbons (Fsp3) is 0.419. The van der Waals surface area contributed by atoms with Gasteiger partial charge in [-0.3, -0.25) is 4.90 Å². The van der Waals surface area contributed by atoms with Crippen LogP contribution < -0.4 is 9.47 Å². The quantitative estimate of drug-likeness (QED) is 0.276. The van der Waals surface area contributed by atoms with Crippen molar-refractivity contribution in [2.45, 2.75) is 58.0 Å². The summed E-state index contributed by atoms with van der Waals surface area (Å²) in [7, 11) is 0. The Labute approximate surface area is 247 Å². The molecule has 4 heterocycles. The fourth-order valence-corrected chi connectivity index (χ4v) is 5.74. The number of likely N-dealkylation sites (tertiary alicyclic amines) is 1. The van der Waals surface area contributed by atoms with Crippen molar-refractivity contribution in [1.82, 2.24) is 24.4 Å². The van der Waals surface area contributed by atoms with E-state index in [2.05, 4.69) is 26.4 Å². The molecule has 0 aliphatic carbocycles. The highest BCUT2D eigenvalue weighted by Gasteiger charge is 2.29. The van der Waals surface area contributed by atoms with Gasteiger partial charge in [-0.2, -0.15) is 4.98 Å². The Hall–Kier alpha value is -4.16. The van der Waals surface area contributed by atoms with Crippen LogP contribution in [0.15, 0.2) is 48.7 Å². The van der Waals surface area contributed by atoms with Crippen LogP contribution in [0.1, 0.15) is 48.2 Å². The highest BCUT2D eigenvalue weighted by Crippen LogP contribution is 2.27. The van der Waals surface area contributed by atoms with E-state index in [0.29, 0.717) is 30.8 Å². The highest BCUT2D eigenvalue weighted by molar-refractivity contribution is 5.92. The lowest BCUT2D eigenvalue weighted by Crippen LogP contribution is -2.44. The van der Waals surface area contributed by atoms with Crippen LogP contribution in [0.5, 0.6) is 11.6 Å². The van der Waals surface area contributed by atoms with Crippen LogP contribution in [0, 0.1) is 17.6 Å². The van der Waals surface area contributed by atoms with Gasteiger partial charge in [0, 0.05) is 50.0 Å². The van der Waals surface area contributed by atoms with E-state index in [0.717, 1.165) is 67.9 Å². The van der Waals surface area contributed by atoms with Gasteiger partial charge in [-0.1, -0.05) is 0 Å². The first-order valence-electron chi connectivity index (χ1n) is 14.4. The SMILES string of the molecule is CC1CC(Oc2ccnc(COc3ccc(F)cc3F)n2)CCN1Cc1nc2ccc(C(=O)O)cc2n1CC1CCOC1. The molecule has 0 saturated carbocycles. The Bertz CT molecular complexity index is 1610. The molecule has 0 spiro atoms. The van der Waals surface area contributed by atoms with Gasteiger partial charge < -0.3 is 23.9 Å². The molecule has 12 heteroatoms. The van der Waals surface area contributed by atoms with E-state index in [1.165, 1.54) is 6.07 Å². The summed E-state index contributed by atoms with van der Waals surface area (Å²) in [6.45, 7) is 5.65. The van der Waals surface area contributed by atoms with Gasteiger partial charge >= 0.3 is 5.97 Å². The molecular weight excluding hydrogens is 560 g/mol. The average molecular weight is 594 g/mol. The monoisotopic (exact) mass is 593 g/mol. The maximum atomic E-state index is 13.9. The molecule has 3 atom stereocenters. The minimum Gasteiger partial charge on any atom is -0.483 e. The number of carboxylic acids is 1. The molecule has 2 aromatic heterocycles. The first kappa shape index (κ1) is 28.9. The number of hydrogen-bond acceptors (Lipinski definition) is 8. The van der Waals surface area contributed by atoms with Gasteiger partial charge in [-0.15, -0.1) is 0 Å². The van der Waals surface area contributed by atoms with Crippen molar-refractivity contribution < 1.29 is 32.9 Å². The summed E-state index contributed by atoms with van der Waals surface area (Å²) < 4.78 is 46.4. The number of carbonyl (C=O) groups is 1. The number of carboxylic acid groups (broad SMARTS) is 1. The maximum absolute atomic E-state index is 13.9. The van der Waals surface area contributed by atoms with Crippen molar-refractivity contribution in [3.63, 3.8) is 0 Å². The summed E-state index contributed by atoms with van der Waals surface area (Å²) in [5.41, 5.74) is 1.87. The van der Waals surface area contributed by atoms with Crippen molar-refractivity contribution in [3.05, 3.63) is 77.5 Å². The van der Waals surface area contributed by atoms with Gasteiger partial charge in [0.25, 0.3) is 0 Å². The van der Waals surface area contributed by atoms with Crippen LogP contribution in [0.2, 0.25) is 0 Å². The molecule has 6 rings (SSSR count). The number of benzene rings is 2. The zero-order valence-corrected chi connectivity index (χ0v) is 23.8. The van der Waals surface area contributed by atoms with Crippen LogP contribution in [-0.2, 0) is 24.4 Å². The molecule has 0 amide bonds. The second-order valence-electron chi connectivity index (χ2n) is 11.1. The van der Waals surface area contributed by atoms with E-state index in [4.69, 9.17) is 19.2 Å². The van der Waals surface area contributed by atoms with Crippen molar-refractivity contribution in [2.75, 3.05) is 19.8 Å². The normalized spacial score (nSPS) is 20.9. The lowest BCUT2D eigenvalue weighted by Gasteiger charge is -2.37. The summed E-state index contributed by atoms with van der Waals surface area (Å²) in [5.74, 6) is -0.498. The van der Waals surface area contributed by atoms with Gasteiger partial charge in [-0.05, 0) is 56.5 Å². The molecule has 226 valence electrons. The molecule has 0 radical (unpaired) electrons. The second kappa shape index (κ2) is 12.6. The fourth-order valence-electron chi connectivity index (χ4n) is 5.74. The van der Waals surface area contributed by atoms with Crippen LogP contribution in [0.4, 0.5) is 8.78 Å². The van der Waals surface area contributed by atoms with E-state index >= 15 is 0 Å². The lowest BCUT2D eigenvalue weighted by molar-refractivity contribution is 0.0534. The van der Waals surface area contributed by atoms with E-state index in [1.54, 1.807) is 30.5 Å². The zero-order chi connectivity index (χ0) is 29.9. The number of halogens is 2. The van der Waals surface area contributed by atoms with Gasteiger partial charge in [0.1, 0.15) is 24.4 Å². The molecule has 3 unspecified atom stereocenters. The Balaban J connectivity index is 1.10. The summed E-state index contributed by atoms with van der Waals surface area (Å²) in [5, 5.41) is 9.55. The Morgan fingerprint density at radius 3 is 2.79 bits per heavy atom. The number of ether oxygens (including phenoxy) is 3. The highest BCUT2D eigenvalue weighted by atomic mass is 19.1. The summed E-state index contributed by atoms with van der Waals surface area (Å²) >= 11 is 0. The predicted molar refractivity (Wildman–Crippen MR) is 152 cm³/mol. The van der Waals surface area contributed by atoms with E-state index < -0.39 is 17.6 Å². The molecule has 43 heavy (non-hydrogen) atoms. The third kappa shape index (κ3) is 6.75. The molecule has 4 aromatic rings. The number of hydrogen-bond donors (Lipinski definition) is 1. The van der Waals surface area contributed by atoms with E-state index in [1.807, 2.05) is 0 Å². The van der Waals surface area contributed by atoms with Gasteiger partial charge in [0.15, 0.2) is 17.4 Å². The minimum absolute atomic E-state index is 0.0583. The third-order valence-electron chi connectivity index (χ3n) is 8.07. The molecular formula is C31H33F2N5O5. The lowest BCUT2D eigenvalue weighted by atomic mass is 10.0. The largest absolute Gasteiger partial charge is 0.483 e. The van der Waals surface area contributed by atoms with Gasteiger partial charge in [-0.25, -0.2) is 23.5 Å². The smallest absolute Gasteiger partial charge is 0.335 e. The number of rotatable bonds is 10. The summed E-state index contributed by atoms with van der Waals surface area (Å²) in [4.78, 5) is 27.5. The molecule has 2 fully saturated rings. The van der Waals surface area contributed by atoms with Crippen LogP contribution in [0.3, 0.4) is 0 Å². The zero-order valence-electron chi connectivity index (χ0n) is 23.8. The Kier molecular flexibility index (Phi) is 8.48. The van der Waals surface area contributed by atoms with Crippen molar-refractivity contribution >= 4 is 17.0 Å². The van der Waals surface area contributed by atoms with Crippen LogP contribution in [0.25, 0.3) is 11.0 Å².